The first-order valence-electron chi connectivity index (χ1n) is 7.23. The summed E-state index contributed by atoms with van der Waals surface area (Å²) in [5.41, 5.74) is 1.86. The quantitative estimate of drug-likeness (QED) is 0.591. The van der Waals surface area contributed by atoms with E-state index >= 15 is 0 Å². The number of imidazole rings is 1. The van der Waals surface area contributed by atoms with E-state index in [4.69, 9.17) is 0 Å². The van der Waals surface area contributed by atoms with Crippen molar-refractivity contribution in [1.82, 2.24) is 19.6 Å². The fourth-order valence-electron chi connectivity index (χ4n) is 2.40. The average Bonchev–Trinajstić information content (AvgIpc) is 3.09. The highest BCUT2D eigenvalue weighted by Gasteiger charge is 2.09. The van der Waals surface area contributed by atoms with E-state index in [-0.39, 0.29) is 5.82 Å². The van der Waals surface area contributed by atoms with Gasteiger partial charge in [0.15, 0.2) is 10.9 Å². The van der Waals surface area contributed by atoms with E-state index in [9.17, 15) is 4.39 Å². The molecule has 120 valence electrons. The molecule has 0 fully saturated rings. The first-order valence-corrected chi connectivity index (χ1v) is 8.11. The lowest BCUT2D eigenvalue weighted by molar-refractivity contribution is 0.474. The van der Waals surface area contributed by atoms with Crippen LogP contribution in [-0.2, 0) is 13.1 Å². The molecule has 0 radical (unpaired) electrons. The number of halogens is 1. The van der Waals surface area contributed by atoms with E-state index in [1.165, 1.54) is 12.1 Å². The average molecular weight is 331 g/mol. The summed E-state index contributed by atoms with van der Waals surface area (Å²) >= 11 is 1.61. The van der Waals surface area contributed by atoms with Crippen molar-refractivity contribution in [1.29, 1.82) is 0 Å². The third-order valence-corrected chi connectivity index (χ3v) is 4.22. The van der Waals surface area contributed by atoms with Gasteiger partial charge in [-0.3, -0.25) is 9.39 Å². The summed E-state index contributed by atoms with van der Waals surface area (Å²) in [6.45, 7) is 1.17. The molecule has 0 saturated heterocycles. The molecule has 3 rings (SSSR count). The van der Waals surface area contributed by atoms with Crippen molar-refractivity contribution in [3.05, 3.63) is 59.1 Å². The highest BCUT2D eigenvalue weighted by atomic mass is 32.1. The number of hydrogen-bond donors (Lipinski definition) is 1. The lowest BCUT2D eigenvalue weighted by Crippen LogP contribution is -2.38. The Morgan fingerprint density at radius 3 is 3.09 bits per heavy atom. The molecule has 0 unspecified atom stereocenters. The Balaban J connectivity index is 1.61. The molecule has 0 aliphatic rings. The molecule has 1 N–H and O–H groups in total. The third kappa shape index (κ3) is 3.68. The molecule has 0 aliphatic heterocycles. The SMILES string of the molecule is CN=C(NCc1cn2ccsc2n1)N(C)Cc1cccc(F)c1. The molecule has 23 heavy (non-hydrogen) atoms. The maximum Gasteiger partial charge on any atom is 0.194 e. The zero-order chi connectivity index (χ0) is 16.2. The summed E-state index contributed by atoms with van der Waals surface area (Å²) < 4.78 is 15.3. The second kappa shape index (κ2) is 6.78. The molecule has 5 nitrogen and oxygen atoms in total. The predicted molar refractivity (Wildman–Crippen MR) is 91.1 cm³/mol. The van der Waals surface area contributed by atoms with Gasteiger partial charge in [0.1, 0.15) is 5.82 Å². The van der Waals surface area contributed by atoms with Crippen LogP contribution in [0.2, 0.25) is 0 Å². The number of thiazole rings is 1. The molecule has 0 amide bonds. The maximum absolute atomic E-state index is 13.3. The molecular formula is C16H18FN5S. The number of aromatic nitrogens is 2. The van der Waals surface area contributed by atoms with Gasteiger partial charge >= 0.3 is 0 Å². The van der Waals surface area contributed by atoms with E-state index in [1.807, 2.05) is 40.2 Å². The summed E-state index contributed by atoms with van der Waals surface area (Å²) in [6.07, 6.45) is 3.99. The van der Waals surface area contributed by atoms with Gasteiger partial charge in [0, 0.05) is 38.4 Å². The van der Waals surface area contributed by atoms with E-state index < -0.39 is 0 Å². The Morgan fingerprint density at radius 1 is 1.48 bits per heavy atom. The molecule has 0 aliphatic carbocycles. The highest BCUT2D eigenvalue weighted by molar-refractivity contribution is 7.15. The van der Waals surface area contributed by atoms with Crippen LogP contribution in [0.25, 0.3) is 4.96 Å². The normalized spacial score (nSPS) is 11.9. The zero-order valence-corrected chi connectivity index (χ0v) is 13.8. The number of benzene rings is 1. The summed E-state index contributed by atoms with van der Waals surface area (Å²) in [7, 11) is 3.65. The molecule has 0 saturated carbocycles. The van der Waals surface area contributed by atoms with E-state index in [0.717, 1.165) is 22.2 Å². The van der Waals surface area contributed by atoms with Crippen LogP contribution >= 0.6 is 11.3 Å². The topological polar surface area (TPSA) is 44.9 Å². The van der Waals surface area contributed by atoms with Gasteiger partial charge < -0.3 is 10.2 Å². The number of aliphatic imine (C=N–C) groups is 1. The van der Waals surface area contributed by atoms with Gasteiger partial charge in [-0.15, -0.1) is 11.3 Å². The number of guanidine groups is 1. The second-order valence-corrected chi connectivity index (χ2v) is 6.08. The molecular weight excluding hydrogens is 313 g/mol. The molecule has 0 atom stereocenters. The van der Waals surface area contributed by atoms with Crippen molar-refractivity contribution < 1.29 is 4.39 Å². The first kappa shape index (κ1) is 15.5. The predicted octanol–water partition coefficient (Wildman–Crippen LogP) is 2.74. The Labute approximate surface area is 138 Å². The van der Waals surface area contributed by atoms with E-state index in [1.54, 1.807) is 24.5 Å². The fraction of sp³-hybridized carbons (Fsp3) is 0.250. The van der Waals surface area contributed by atoms with Crippen LogP contribution in [0.4, 0.5) is 4.39 Å². The van der Waals surface area contributed by atoms with E-state index in [2.05, 4.69) is 15.3 Å². The molecule has 0 bridgehead atoms. The van der Waals surface area contributed by atoms with E-state index in [0.29, 0.717) is 13.1 Å². The minimum Gasteiger partial charge on any atom is -0.351 e. The molecule has 3 aromatic rings. The minimum absolute atomic E-state index is 0.225. The largest absolute Gasteiger partial charge is 0.351 e. The second-order valence-electron chi connectivity index (χ2n) is 5.21. The van der Waals surface area contributed by atoms with Crippen molar-refractivity contribution >= 4 is 22.3 Å². The fourth-order valence-corrected chi connectivity index (χ4v) is 3.12. The van der Waals surface area contributed by atoms with Crippen LogP contribution in [0, 0.1) is 5.82 Å². The summed E-state index contributed by atoms with van der Waals surface area (Å²) in [4.78, 5) is 11.7. The number of rotatable bonds is 4. The van der Waals surface area contributed by atoms with Crippen molar-refractivity contribution in [2.75, 3.05) is 14.1 Å². The van der Waals surface area contributed by atoms with Crippen molar-refractivity contribution in [3.63, 3.8) is 0 Å². The number of nitrogens with one attached hydrogen (secondary N) is 1. The lowest BCUT2D eigenvalue weighted by Gasteiger charge is -2.21. The standard InChI is InChI=1S/C16H18FN5S/c1-18-15(21(2)10-12-4-3-5-13(17)8-12)19-9-14-11-22-6-7-23-16(22)20-14/h3-8,11H,9-10H2,1-2H3,(H,18,19). The van der Waals surface area contributed by atoms with Gasteiger partial charge in [-0.05, 0) is 17.7 Å². The van der Waals surface area contributed by atoms with Crippen LogP contribution in [0.1, 0.15) is 11.3 Å². The summed E-state index contributed by atoms with van der Waals surface area (Å²) in [5.74, 6) is 0.516. The smallest absolute Gasteiger partial charge is 0.194 e. The van der Waals surface area contributed by atoms with Gasteiger partial charge in [-0.2, -0.15) is 0 Å². The van der Waals surface area contributed by atoms with Crippen LogP contribution in [-0.4, -0.2) is 34.3 Å². The van der Waals surface area contributed by atoms with Crippen LogP contribution in [0.3, 0.4) is 0 Å². The summed E-state index contributed by atoms with van der Waals surface area (Å²) in [6, 6.07) is 6.59. The maximum atomic E-state index is 13.3. The summed E-state index contributed by atoms with van der Waals surface area (Å²) in [5, 5.41) is 5.29. The minimum atomic E-state index is -0.225. The van der Waals surface area contributed by atoms with Gasteiger partial charge in [0.25, 0.3) is 0 Å². The molecule has 7 heteroatoms. The van der Waals surface area contributed by atoms with Gasteiger partial charge in [-0.1, -0.05) is 12.1 Å². The van der Waals surface area contributed by atoms with Gasteiger partial charge in [-0.25, -0.2) is 9.37 Å². The number of nitrogens with zero attached hydrogens (tertiary/aromatic N) is 4. The zero-order valence-electron chi connectivity index (χ0n) is 13.0. The van der Waals surface area contributed by atoms with Crippen molar-refractivity contribution in [2.24, 2.45) is 4.99 Å². The van der Waals surface area contributed by atoms with Crippen LogP contribution < -0.4 is 5.32 Å². The molecule has 2 aromatic heterocycles. The van der Waals surface area contributed by atoms with Crippen LogP contribution in [0.5, 0.6) is 0 Å². The Morgan fingerprint density at radius 2 is 2.35 bits per heavy atom. The monoisotopic (exact) mass is 331 g/mol. The third-order valence-electron chi connectivity index (χ3n) is 3.45. The Bertz CT molecular complexity index is 794. The van der Waals surface area contributed by atoms with Crippen molar-refractivity contribution in [3.8, 4) is 0 Å². The van der Waals surface area contributed by atoms with Gasteiger partial charge in [0.2, 0.25) is 0 Å². The molecule has 0 spiro atoms. The van der Waals surface area contributed by atoms with Crippen LogP contribution in [0.15, 0.2) is 47.0 Å². The Hall–Kier alpha value is -2.41. The lowest BCUT2D eigenvalue weighted by atomic mass is 10.2. The van der Waals surface area contributed by atoms with Gasteiger partial charge in [0.05, 0.1) is 12.2 Å². The van der Waals surface area contributed by atoms with Crippen molar-refractivity contribution in [2.45, 2.75) is 13.1 Å². The molecule has 1 aromatic carbocycles. The number of fused-ring (bicyclic) bond motifs is 1. The Kier molecular flexibility index (Phi) is 4.57. The molecule has 2 heterocycles. The first-order chi connectivity index (χ1) is 11.2. The highest BCUT2D eigenvalue weighted by Crippen LogP contribution is 2.11. The number of hydrogen-bond acceptors (Lipinski definition) is 3.